The van der Waals surface area contributed by atoms with E-state index in [0.29, 0.717) is 5.33 Å². The van der Waals surface area contributed by atoms with Crippen molar-refractivity contribution in [1.29, 1.82) is 0 Å². The first-order valence-corrected chi connectivity index (χ1v) is 4.98. The maximum Gasteiger partial charge on any atom is 0.422 e. The third kappa shape index (κ3) is 4.00. The van der Waals surface area contributed by atoms with Crippen LogP contribution in [0.1, 0.15) is 5.56 Å². The zero-order chi connectivity index (χ0) is 10.6. The van der Waals surface area contributed by atoms with Gasteiger partial charge in [-0.3, -0.25) is 0 Å². The Balaban J connectivity index is 2.52. The number of alkyl halides is 4. The van der Waals surface area contributed by atoms with Gasteiger partial charge in [-0.2, -0.15) is 13.2 Å². The van der Waals surface area contributed by atoms with Gasteiger partial charge in [-0.1, -0.05) is 28.1 Å². The molecule has 0 fully saturated rings. The van der Waals surface area contributed by atoms with Crippen molar-refractivity contribution in [2.24, 2.45) is 0 Å². The van der Waals surface area contributed by atoms with E-state index in [4.69, 9.17) is 0 Å². The van der Waals surface area contributed by atoms with Crippen LogP contribution in [0.4, 0.5) is 13.2 Å². The highest BCUT2D eigenvalue weighted by molar-refractivity contribution is 9.08. The Hall–Kier alpha value is -0.710. The number of halogens is 4. The molecule has 0 aromatic heterocycles. The maximum absolute atomic E-state index is 11.8. The molecule has 0 spiro atoms. The molecule has 0 atom stereocenters. The van der Waals surface area contributed by atoms with E-state index < -0.39 is 12.8 Å². The average Bonchev–Trinajstić information content (AvgIpc) is 2.14. The number of hydrogen-bond acceptors (Lipinski definition) is 1. The number of ether oxygens (including phenoxy) is 1. The summed E-state index contributed by atoms with van der Waals surface area (Å²) in [5, 5.41) is 0.673. The molecule has 1 rings (SSSR count). The van der Waals surface area contributed by atoms with Gasteiger partial charge < -0.3 is 4.74 Å². The van der Waals surface area contributed by atoms with Gasteiger partial charge in [0.05, 0.1) is 0 Å². The molecule has 0 aliphatic heterocycles. The van der Waals surface area contributed by atoms with Gasteiger partial charge in [0.2, 0.25) is 0 Å². The SMILES string of the molecule is FC(F)(F)COc1ccc(CBr)cc1. The van der Waals surface area contributed by atoms with Crippen molar-refractivity contribution in [3.05, 3.63) is 29.8 Å². The minimum absolute atomic E-state index is 0.229. The summed E-state index contributed by atoms with van der Waals surface area (Å²) >= 11 is 3.23. The zero-order valence-corrected chi connectivity index (χ0v) is 8.73. The highest BCUT2D eigenvalue weighted by atomic mass is 79.9. The molecule has 0 saturated carbocycles. The fourth-order valence-corrected chi connectivity index (χ4v) is 1.21. The Morgan fingerprint density at radius 2 is 1.71 bits per heavy atom. The highest BCUT2D eigenvalue weighted by Gasteiger charge is 2.28. The molecular formula is C9H8BrF3O. The van der Waals surface area contributed by atoms with Crippen LogP contribution in [0.15, 0.2) is 24.3 Å². The van der Waals surface area contributed by atoms with Crippen molar-refractivity contribution >= 4 is 15.9 Å². The molecule has 1 nitrogen and oxygen atoms in total. The molecule has 78 valence electrons. The predicted molar refractivity (Wildman–Crippen MR) is 50.6 cm³/mol. The number of rotatable bonds is 3. The van der Waals surface area contributed by atoms with Gasteiger partial charge >= 0.3 is 6.18 Å². The molecule has 1 aromatic rings. The van der Waals surface area contributed by atoms with Crippen molar-refractivity contribution in [1.82, 2.24) is 0 Å². The van der Waals surface area contributed by atoms with Crippen molar-refractivity contribution in [2.45, 2.75) is 11.5 Å². The Morgan fingerprint density at radius 3 is 2.14 bits per heavy atom. The van der Waals surface area contributed by atoms with Crippen molar-refractivity contribution in [3.63, 3.8) is 0 Å². The monoisotopic (exact) mass is 268 g/mol. The molecule has 0 aliphatic carbocycles. The lowest BCUT2D eigenvalue weighted by Gasteiger charge is -2.08. The standard InChI is InChI=1S/C9H8BrF3O/c10-5-7-1-3-8(4-2-7)14-6-9(11,12)13/h1-4H,5-6H2. The van der Waals surface area contributed by atoms with Crippen LogP contribution in [0.2, 0.25) is 0 Å². The Bertz CT molecular complexity index is 281. The first-order valence-electron chi connectivity index (χ1n) is 3.86. The van der Waals surface area contributed by atoms with Crippen LogP contribution in [-0.2, 0) is 5.33 Å². The minimum Gasteiger partial charge on any atom is -0.484 e. The fraction of sp³-hybridized carbons (Fsp3) is 0.333. The van der Waals surface area contributed by atoms with Crippen LogP contribution >= 0.6 is 15.9 Å². The molecule has 0 aliphatic rings. The molecule has 5 heteroatoms. The molecule has 1 aromatic carbocycles. The van der Waals surface area contributed by atoms with E-state index >= 15 is 0 Å². The van der Waals surface area contributed by atoms with E-state index in [2.05, 4.69) is 20.7 Å². The van der Waals surface area contributed by atoms with Crippen LogP contribution in [0, 0.1) is 0 Å². The molecule has 0 bridgehead atoms. The van der Waals surface area contributed by atoms with E-state index in [0.717, 1.165) is 5.56 Å². The highest BCUT2D eigenvalue weighted by Crippen LogP contribution is 2.19. The zero-order valence-electron chi connectivity index (χ0n) is 7.14. The van der Waals surface area contributed by atoms with Gasteiger partial charge in [0, 0.05) is 5.33 Å². The fourth-order valence-electron chi connectivity index (χ4n) is 0.840. The molecule has 14 heavy (non-hydrogen) atoms. The summed E-state index contributed by atoms with van der Waals surface area (Å²) in [7, 11) is 0. The van der Waals surface area contributed by atoms with Crippen LogP contribution in [0.3, 0.4) is 0 Å². The minimum atomic E-state index is -4.28. The summed E-state index contributed by atoms with van der Waals surface area (Å²) in [5.41, 5.74) is 0.990. The first kappa shape index (κ1) is 11.4. The summed E-state index contributed by atoms with van der Waals surface area (Å²) in [5.74, 6) is 0.229. The first-order chi connectivity index (χ1) is 6.51. The smallest absolute Gasteiger partial charge is 0.422 e. The van der Waals surface area contributed by atoms with E-state index in [1.165, 1.54) is 12.1 Å². The molecule has 0 saturated heterocycles. The number of hydrogen-bond donors (Lipinski definition) is 0. The summed E-state index contributed by atoms with van der Waals surface area (Å²) in [6, 6.07) is 6.45. The third-order valence-electron chi connectivity index (χ3n) is 1.48. The predicted octanol–water partition coefficient (Wildman–Crippen LogP) is 3.52. The van der Waals surface area contributed by atoms with Crippen molar-refractivity contribution in [3.8, 4) is 5.75 Å². The average molecular weight is 269 g/mol. The summed E-state index contributed by atoms with van der Waals surface area (Å²) in [4.78, 5) is 0. The van der Waals surface area contributed by atoms with Crippen LogP contribution in [0.5, 0.6) is 5.75 Å². The second kappa shape index (κ2) is 4.68. The summed E-state index contributed by atoms with van der Waals surface area (Å²) < 4.78 is 39.8. The molecule has 0 heterocycles. The van der Waals surface area contributed by atoms with E-state index in [9.17, 15) is 13.2 Å². The second-order valence-corrected chi connectivity index (χ2v) is 3.24. The molecular weight excluding hydrogens is 261 g/mol. The molecule has 0 radical (unpaired) electrons. The van der Waals surface area contributed by atoms with Crippen molar-refractivity contribution < 1.29 is 17.9 Å². The largest absolute Gasteiger partial charge is 0.484 e. The summed E-state index contributed by atoms with van der Waals surface area (Å²) in [6.45, 7) is -1.25. The van der Waals surface area contributed by atoms with Gasteiger partial charge in [0.15, 0.2) is 6.61 Å². The van der Waals surface area contributed by atoms with E-state index in [1.807, 2.05) is 0 Å². The lowest BCUT2D eigenvalue weighted by atomic mass is 10.2. The second-order valence-electron chi connectivity index (χ2n) is 2.68. The molecule has 0 N–H and O–H groups in total. The summed E-state index contributed by atoms with van der Waals surface area (Å²) in [6.07, 6.45) is -4.28. The van der Waals surface area contributed by atoms with E-state index in [1.54, 1.807) is 12.1 Å². The topological polar surface area (TPSA) is 9.23 Å². The maximum atomic E-state index is 11.8. The Labute approximate surface area is 88.0 Å². The Morgan fingerprint density at radius 1 is 1.14 bits per heavy atom. The van der Waals surface area contributed by atoms with Gasteiger partial charge in [-0.05, 0) is 17.7 Å². The Kier molecular flexibility index (Phi) is 3.80. The van der Waals surface area contributed by atoms with Crippen LogP contribution < -0.4 is 4.74 Å². The van der Waals surface area contributed by atoms with Gasteiger partial charge in [-0.15, -0.1) is 0 Å². The van der Waals surface area contributed by atoms with Crippen molar-refractivity contribution in [2.75, 3.05) is 6.61 Å². The van der Waals surface area contributed by atoms with E-state index in [-0.39, 0.29) is 5.75 Å². The quantitative estimate of drug-likeness (QED) is 0.763. The lowest BCUT2D eigenvalue weighted by Crippen LogP contribution is -2.19. The third-order valence-corrected chi connectivity index (χ3v) is 2.13. The normalized spacial score (nSPS) is 11.4. The van der Waals surface area contributed by atoms with Gasteiger partial charge in [0.1, 0.15) is 5.75 Å². The van der Waals surface area contributed by atoms with Gasteiger partial charge in [-0.25, -0.2) is 0 Å². The van der Waals surface area contributed by atoms with Crippen LogP contribution in [0.25, 0.3) is 0 Å². The van der Waals surface area contributed by atoms with Crippen LogP contribution in [-0.4, -0.2) is 12.8 Å². The van der Waals surface area contributed by atoms with Gasteiger partial charge in [0.25, 0.3) is 0 Å². The molecule has 0 amide bonds. The lowest BCUT2D eigenvalue weighted by molar-refractivity contribution is -0.153. The number of benzene rings is 1. The molecule has 0 unspecified atom stereocenters.